The Hall–Kier alpha value is -7.36. The Morgan fingerprint density at radius 2 is 0.911 bits per heavy atom. The molecule has 0 radical (unpaired) electrons. The van der Waals surface area contributed by atoms with Gasteiger partial charge in [-0.25, -0.2) is 9.97 Å². The summed E-state index contributed by atoms with van der Waals surface area (Å²) in [6.07, 6.45) is 0. The second-order valence-corrected chi connectivity index (χ2v) is 14.9. The van der Waals surface area contributed by atoms with Crippen LogP contribution in [0.15, 0.2) is 200 Å². The maximum atomic E-state index is 5.34. The summed E-state index contributed by atoms with van der Waals surface area (Å²) in [4.78, 5) is 10.6. The Morgan fingerprint density at radius 1 is 0.357 bits per heavy atom. The molecule has 260 valence electrons. The largest absolute Gasteiger partial charge is 0.309 e. The van der Waals surface area contributed by atoms with Gasteiger partial charge in [-0.05, 0) is 68.8 Å². The van der Waals surface area contributed by atoms with Gasteiger partial charge in [-0.1, -0.05) is 176 Å². The van der Waals surface area contributed by atoms with Crippen LogP contribution in [0.2, 0.25) is 0 Å². The molecule has 2 aliphatic rings. The van der Waals surface area contributed by atoms with E-state index in [4.69, 9.17) is 9.97 Å². The third-order valence-electron chi connectivity index (χ3n) is 12.0. The minimum Gasteiger partial charge on any atom is -0.309 e. The van der Waals surface area contributed by atoms with E-state index in [9.17, 15) is 0 Å². The number of benzene rings is 8. The Bertz CT molecular complexity index is 3180. The minimum absolute atomic E-state index is 0.546. The summed E-state index contributed by atoms with van der Waals surface area (Å²) in [6, 6.07) is 72.4. The SMILES string of the molecule is c1ccc(-c2ccc(-c3cc(-c4ccccc4)nc(-c4ccc5c(c4)C4(c6ccccc6-5)c5ccccc5-n5c6ccccc6c6cccc4c65)n3)cc2)cc1. The van der Waals surface area contributed by atoms with Crippen molar-refractivity contribution < 1.29 is 0 Å². The first-order valence-corrected chi connectivity index (χ1v) is 19.2. The molecule has 1 spiro atoms. The van der Waals surface area contributed by atoms with Gasteiger partial charge >= 0.3 is 0 Å². The van der Waals surface area contributed by atoms with Crippen LogP contribution in [0.25, 0.3) is 83.6 Å². The van der Waals surface area contributed by atoms with E-state index in [0.29, 0.717) is 5.82 Å². The molecule has 1 aliphatic heterocycles. The van der Waals surface area contributed by atoms with E-state index in [2.05, 4.69) is 205 Å². The molecule has 8 aromatic carbocycles. The molecule has 0 amide bonds. The highest BCUT2D eigenvalue weighted by Gasteiger charge is 2.50. The van der Waals surface area contributed by atoms with Gasteiger partial charge in [-0.3, -0.25) is 0 Å². The molecule has 2 aromatic heterocycles. The quantitative estimate of drug-likeness (QED) is 0.182. The van der Waals surface area contributed by atoms with E-state index in [1.54, 1.807) is 0 Å². The molecule has 56 heavy (non-hydrogen) atoms. The number of fused-ring (bicyclic) bond motifs is 12. The van der Waals surface area contributed by atoms with Crippen LogP contribution >= 0.6 is 0 Å². The van der Waals surface area contributed by atoms with Gasteiger partial charge in [0.25, 0.3) is 0 Å². The first-order chi connectivity index (χ1) is 27.8. The number of rotatable bonds is 4. The standard InChI is InChI=1S/C53H33N3/c1-3-14-34(15-4-1)35-26-28-37(29-27-35)48-33-47(36-16-5-2-6-17-36)54-52(55-48)38-30-31-40-39-18-7-9-21-43(39)53(46(40)32-38)44-22-10-12-25-50(44)56-49-24-11-8-19-41(49)42-20-13-23-45(53)51(42)56/h1-33H. The summed E-state index contributed by atoms with van der Waals surface area (Å²) >= 11 is 0. The van der Waals surface area contributed by atoms with E-state index >= 15 is 0 Å². The molecule has 0 N–H and O–H groups in total. The van der Waals surface area contributed by atoms with Crippen LogP contribution in [-0.2, 0) is 5.41 Å². The van der Waals surface area contributed by atoms with Crippen LogP contribution in [-0.4, -0.2) is 14.5 Å². The number of hydrogen-bond donors (Lipinski definition) is 0. The normalized spacial score (nSPS) is 14.9. The lowest BCUT2D eigenvalue weighted by Gasteiger charge is -2.39. The van der Waals surface area contributed by atoms with Gasteiger partial charge in [0.15, 0.2) is 5.82 Å². The number of aromatic nitrogens is 3. The number of hydrogen-bond acceptors (Lipinski definition) is 2. The molecule has 3 heterocycles. The minimum atomic E-state index is -0.546. The molecule has 12 rings (SSSR count). The van der Waals surface area contributed by atoms with E-state index in [-0.39, 0.29) is 0 Å². The van der Waals surface area contributed by atoms with Gasteiger partial charge in [0, 0.05) is 27.5 Å². The zero-order valence-electron chi connectivity index (χ0n) is 30.4. The third-order valence-corrected chi connectivity index (χ3v) is 12.0. The molecule has 3 nitrogen and oxygen atoms in total. The van der Waals surface area contributed by atoms with E-state index in [0.717, 1.165) is 28.1 Å². The van der Waals surface area contributed by atoms with Crippen molar-refractivity contribution in [2.75, 3.05) is 0 Å². The van der Waals surface area contributed by atoms with Crippen LogP contribution in [0.3, 0.4) is 0 Å². The van der Waals surface area contributed by atoms with Crippen molar-refractivity contribution in [3.8, 4) is 61.8 Å². The summed E-state index contributed by atoms with van der Waals surface area (Å²) in [5.74, 6) is 0.707. The van der Waals surface area contributed by atoms with Gasteiger partial charge in [-0.2, -0.15) is 0 Å². The van der Waals surface area contributed by atoms with Crippen LogP contribution in [0, 0.1) is 0 Å². The lowest BCUT2D eigenvalue weighted by atomic mass is 9.65. The summed E-state index contributed by atoms with van der Waals surface area (Å²) in [7, 11) is 0. The zero-order valence-corrected chi connectivity index (χ0v) is 30.4. The highest BCUT2D eigenvalue weighted by molar-refractivity contribution is 6.12. The van der Waals surface area contributed by atoms with E-state index < -0.39 is 5.41 Å². The van der Waals surface area contributed by atoms with Gasteiger partial charge in [0.2, 0.25) is 0 Å². The molecule has 3 heteroatoms. The average molecular weight is 712 g/mol. The molecule has 1 atom stereocenters. The predicted octanol–water partition coefficient (Wildman–Crippen LogP) is 12.9. The Balaban J connectivity index is 1.11. The van der Waals surface area contributed by atoms with Crippen molar-refractivity contribution in [2.24, 2.45) is 0 Å². The van der Waals surface area contributed by atoms with Crippen LogP contribution < -0.4 is 0 Å². The van der Waals surface area contributed by atoms with Gasteiger partial charge in [0.05, 0.1) is 33.5 Å². The first kappa shape index (κ1) is 31.0. The smallest absolute Gasteiger partial charge is 0.160 e. The Morgan fingerprint density at radius 3 is 1.71 bits per heavy atom. The fourth-order valence-corrected chi connectivity index (χ4v) is 9.65. The van der Waals surface area contributed by atoms with Crippen molar-refractivity contribution in [2.45, 2.75) is 5.41 Å². The van der Waals surface area contributed by atoms with Crippen molar-refractivity contribution in [1.29, 1.82) is 0 Å². The van der Waals surface area contributed by atoms with Crippen LogP contribution in [0.1, 0.15) is 22.3 Å². The summed E-state index contributed by atoms with van der Waals surface area (Å²) in [5.41, 5.74) is 18.1. The predicted molar refractivity (Wildman–Crippen MR) is 229 cm³/mol. The van der Waals surface area contributed by atoms with Crippen LogP contribution in [0.5, 0.6) is 0 Å². The second-order valence-electron chi connectivity index (χ2n) is 14.9. The summed E-state index contributed by atoms with van der Waals surface area (Å²) in [5, 5.41) is 2.54. The Kier molecular flexibility index (Phi) is 6.55. The van der Waals surface area contributed by atoms with Crippen molar-refractivity contribution in [3.63, 3.8) is 0 Å². The fraction of sp³-hybridized carbons (Fsp3) is 0.0189. The molecule has 0 saturated heterocycles. The highest BCUT2D eigenvalue weighted by Crippen LogP contribution is 2.61. The molecule has 0 bridgehead atoms. The molecule has 0 fully saturated rings. The molecular weight excluding hydrogens is 679 g/mol. The first-order valence-electron chi connectivity index (χ1n) is 19.2. The molecule has 1 unspecified atom stereocenters. The molecule has 1 aliphatic carbocycles. The van der Waals surface area contributed by atoms with Crippen molar-refractivity contribution >= 4 is 21.8 Å². The van der Waals surface area contributed by atoms with Crippen LogP contribution in [0.4, 0.5) is 0 Å². The fourth-order valence-electron chi connectivity index (χ4n) is 9.65. The van der Waals surface area contributed by atoms with Gasteiger partial charge < -0.3 is 4.57 Å². The molecule has 0 saturated carbocycles. The maximum Gasteiger partial charge on any atom is 0.160 e. The lowest BCUT2D eigenvalue weighted by molar-refractivity contribution is 0.748. The van der Waals surface area contributed by atoms with E-state index in [1.807, 2.05) is 0 Å². The average Bonchev–Trinajstić information content (AvgIpc) is 3.77. The highest BCUT2D eigenvalue weighted by atomic mass is 15.0. The third kappa shape index (κ3) is 4.28. The number of para-hydroxylation sites is 3. The monoisotopic (exact) mass is 711 g/mol. The topological polar surface area (TPSA) is 30.7 Å². The zero-order chi connectivity index (χ0) is 36.8. The maximum absolute atomic E-state index is 5.34. The number of nitrogens with zero attached hydrogens (tertiary/aromatic N) is 3. The van der Waals surface area contributed by atoms with Gasteiger partial charge in [0.1, 0.15) is 0 Å². The van der Waals surface area contributed by atoms with Crippen molar-refractivity contribution in [1.82, 2.24) is 14.5 Å². The van der Waals surface area contributed by atoms with Gasteiger partial charge in [-0.15, -0.1) is 0 Å². The summed E-state index contributed by atoms with van der Waals surface area (Å²) < 4.78 is 2.49. The lowest BCUT2D eigenvalue weighted by Crippen LogP contribution is -2.33. The van der Waals surface area contributed by atoms with Crippen molar-refractivity contribution in [3.05, 3.63) is 222 Å². The molecule has 10 aromatic rings. The Labute approximate surface area is 324 Å². The summed E-state index contributed by atoms with van der Waals surface area (Å²) in [6.45, 7) is 0. The second kappa shape index (κ2) is 11.8. The molecular formula is C53H33N3. The van der Waals surface area contributed by atoms with E-state index in [1.165, 1.54) is 72.0 Å².